The Bertz CT molecular complexity index is 318. The molecule has 0 spiro atoms. The second kappa shape index (κ2) is 4.58. The van der Waals surface area contributed by atoms with E-state index >= 15 is 0 Å². The van der Waals surface area contributed by atoms with Crippen LogP contribution >= 0.6 is 42.3 Å². The summed E-state index contributed by atoms with van der Waals surface area (Å²) in [6, 6.07) is 6.31. The minimum absolute atomic E-state index is 0.247. The predicted octanol–water partition coefficient (Wildman–Crippen LogP) is 4.29. The number of benzene rings is 1. The molecule has 0 saturated heterocycles. The van der Waals surface area contributed by atoms with Gasteiger partial charge in [-0.05, 0) is 47.3 Å². The summed E-state index contributed by atoms with van der Waals surface area (Å²) in [6.45, 7) is 2.09. The predicted molar refractivity (Wildman–Crippen MR) is 65.4 cm³/mol. The molecule has 3 heteroatoms. The van der Waals surface area contributed by atoms with Gasteiger partial charge in [0, 0.05) is 13.8 Å². The van der Waals surface area contributed by atoms with Crippen LogP contribution in [-0.4, -0.2) is 11.6 Å². The second-order valence-electron chi connectivity index (χ2n) is 2.37. The fourth-order valence-electron chi connectivity index (χ4n) is 0.863. The zero-order valence-electron chi connectivity index (χ0n) is 6.97. The summed E-state index contributed by atoms with van der Waals surface area (Å²) in [5.74, 6) is 0. The smallest absolute Gasteiger partial charge is 0.0317 e. The molecule has 1 unspecified atom stereocenters. The van der Waals surface area contributed by atoms with Crippen molar-refractivity contribution in [3.05, 3.63) is 27.1 Å². The molecule has 0 fully saturated rings. The highest BCUT2D eigenvalue weighted by molar-refractivity contribution is 9.11. The van der Waals surface area contributed by atoms with Gasteiger partial charge in [0.2, 0.25) is 0 Å². The van der Waals surface area contributed by atoms with E-state index in [0.717, 1.165) is 4.47 Å². The first-order valence-electron chi connectivity index (χ1n) is 3.54. The Labute approximate surface area is 92.6 Å². The lowest BCUT2D eigenvalue weighted by Crippen LogP contribution is -1.77. The van der Waals surface area contributed by atoms with Gasteiger partial charge in [-0.25, -0.2) is 0 Å². The summed E-state index contributed by atoms with van der Waals surface area (Å²) in [4.78, 5) is 1.36. The lowest BCUT2D eigenvalue weighted by Gasteiger charge is -2.05. The van der Waals surface area contributed by atoms with Crippen LogP contribution in [0.5, 0.6) is 0 Å². The van der Waals surface area contributed by atoms with Crippen molar-refractivity contribution in [1.29, 1.82) is 0 Å². The van der Waals surface area contributed by atoms with Crippen LogP contribution in [0.25, 0.3) is 0 Å². The Balaban J connectivity index is 3.18. The van der Waals surface area contributed by atoms with Crippen LogP contribution in [0.4, 0.5) is 0 Å². The van der Waals surface area contributed by atoms with Crippen LogP contribution in [0.2, 0.25) is 0 Å². The Morgan fingerprint density at radius 2 is 2.00 bits per heavy atom. The van der Waals surface area contributed by atoms with Crippen molar-refractivity contribution in [2.24, 2.45) is 0 Å². The van der Waals surface area contributed by atoms with Gasteiger partial charge in [-0.2, -0.15) is 10.5 Å². The fraction of sp³-hybridized carbons (Fsp3) is 0.222. The normalized spacial score (nSPS) is 13.3. The summed E-state index contributed by atoms with van der Waals surface area (Å²) in [6.07, 6.45) is 2.22. The van der Waals surface area contributed by atoms with Crippen molar-refractivity contribution < 1.29 is 0 Å². The first-order chi connectivity index (χ1) is 5.65. The van der Waals surface area contributed by atoms with Crippen molar-refractivity contribution in [3.63, 3.8) is 0 Å². The molecule has 0 saturated carbocycles. The minimum Gasteiger partial charge on any atom is -0.161 e. The van der Waals surface area contributed by atoms with E-state index in [-0.39, 0.29) is 10.5 Å². The molecule has 0 heterocycles. The van der Waals surface area contributed by atoms with E-state index in [1.807, 2.05) is 0 Å². The van der Waals surface area contributed by atoms with Gasteiger partial charge in [0.05, 0.1) is 0 Å². The van der Waals surface area contributed by atoms with Crippen LogP contribution < -0.4 is 0 Å². The molecule has 0 bridgehead atoms. The molecule has 0 radical (unpaired) electrons. The van der Waals surface area contributed by atoms with Gasteiger partial charge < -0.3 is 0 Å². The van der Waals surface area contributed by atoms with Crippen molar-refractivity contribution in [2.75, 3.05) is 6.26 Å². The van der Waals surface area contributed by atoms with Crippen molar-refractivity contribution in [2.45, 2.75) is 11.8 Å². The Kier molecular flexibility index (Phi) is 4.00. The van der Waals surface area contributed by atoms with E-state index in [1.54, 1.807) is 0 Å². The van der Waals surface area contributed by atoms with Gasteiger partial charge >= 0.3 is 0 Å². The Morgan fingerprint density at radius 1 is 1.33 bits per heavy atom. The molecule has 12 heavy (non-hydrogen) atoms. The third-order valence-electron chi connectivity index (χ3n) is 1.59. The fourth-order valence-corrected chi connectivity index (χ4v) is 3.58. The average molecular weight is 310 g/mol. The van der Waals surface area contributed by atoms with Gasteiger partial charge in [-0.15, -0.1) is 0 Å². The van der Waals surface area contributed by atoms with E-state index in [9.17, 15) is 0 Å². The first kappa shape index (κ1) is 10.5. The maximum absolute atomic E-state index is 3.55. The third-order valence-corrected chi connectivity index (χ3v) is 4.76. The molecule has 0 aliphatic carbocycles. The molecular formula is C9H10Br2S. The number of halogens is 2. The summed E-state index contributed by atoms with van der Waals surface area (Å²) in [7, 11) is 0.247. The molecule has 0 N–H and O–H groups in total. The minimum atomic E-state index is 0.247. The lowest BCUT2D eigenvalue weighted by molar-refractivity contribution is 1.39. The molecule has 0 amide bonds. The number of hydrogen-bond donors (Lipinski definition) is 0. The summed E-state index contributed by atoms with van der Waals surface area (Å²) >= 11 is 6.98. The maximum Gasteiger partial charge on any atom is 0.0317 e. The highest BCUT2D eigenvalue weighted by atomic mass is 79.9. The zero-order chi connectivity index (χ0) is 9.14. The third kappa shape index (κ3) is 2.44. The van der Waals surface area contributed by atoms with E-state index in [2.05, 4.69) is 68.6 Å². The molecular weight excluding hydrogens is 300 g/mol. The van der Waals surface area contributed by atoms with Crippen molar-refractivity contribution >= 4 is 47.7 Å². The first-order valence-corrected chi connectivity index (χ1v) is 6.82. The van der Waals surface area contributed by atoms with Crippen LogP contribution in [0.3, 0.4) is 0 Å². The van der Waals surface area contributed by atoms with Gasteiger partial charge in [-0.1, -0.05) is 21.3 Å². The van der Waals surface area contributed by atoms with Crippen LogP contribution in [0.15, 0.2) is 32.0 Å². The van der Waals surface area contributed by atoms with Crippen molar-refractivity contribution in [1.82, 2.24) is 0 Å². The molecule has 1 rings (SSSR count). The standard InChI is InChI=1S/C9H10Br2S/c1-3-12(2)9-5-4-7(10)6-8(9)11/h3-6H,1-2H3. The summed E-state index contributed by atoms with van der Waals surface area (Å²) in [5, 5.41) is 2.22. The van der Waals surface area contributed by atoms with E-state index < -0.39 is 0 Å². The van der Waals surface area contributed by atoms with Crippen molar-refractivity contribution in [3.8, 4) is 0 Å². The highest BCUT2D eigenvalue weighted by Gasteiger charge is 1.99. The molecule has 0 aromatic heterocycles. The molecule has 0 nitrogen and oxygen atoms in total. The maximum atomic E-state index is 3.55. The molecule has 0 aliphatic heterocycles. The van der Waals surface area contributed by atoms with E-state index in [0.29, 0.717) is 0 Å². The molecule has 1 aromatic carbocycles. The van der Waals surface area contributed by atoms with E-state index in [1.165, 1.54) is 9.37 Å². The van der Waals surface area contributed by atoms with Crippen LogP contribution in [0.1, 0.15) is 6.92 Å². The largest absolute Gasteiger partial charge is 0.161 e. The topological polar surface area (TPSA) is 0 Å². The number of hydrogen-bond acceptors (Lipinski definition) is 0. The van der Waals surface area contributed by atoms with Gasteiger partial charge in [0.15, 0.2) is 0 Å². The summed E-state index contributed by atoms with van der Waals surface area (Å²) in [5.41, 5.74) is 0. The van der Waals surface area contributed by atoms with E-state index in [4.69, 9.17) is 0 Å². The van der Waals surface area contributed by atoms with Crippen LogP contribution in [0, 0.1) is 0 Å². The molecule has 0 aliphatic rings. The van der Waals surface area contributed by atoms with Crippen LogP contribution in [-0.2, 0) is 0 Å². The number of rotatable bonds is 1. The van der Waals surface area contributed by atoms with Gasteiger partial charge in [0.25, 0.3) is 0 Å². The lowest BCUT2D eigenvalue weighted by atomic mass is 10.4. The Hall–Kier alpha value is 0.400. The average Bonchev–Trinajstić information content (AvgIpc) is 2.03. The zero-order valence-corrected chi connectivity index (χ0v) is 11.0. The van der Waals surface area contributed by atoms with Gasteiger partial charge in [0.1, 0.15) is 0 Å². The quantitative estimate of drug-likeness (QED) is 0.679. The highest BCUT2D eigenvalue weighted by Crippen LogP contribution is 2.32. The molecule has 1 aromatic rings. The SMILES string of the molecule is C/C=S(/C)c1ccc(Br)cc1Br. The monoisotopic (exact) mass is 308 g/mol. The molecule has 66 valence electrons. The Morgan fingerprint density at radius 3 is 2.50 bits per heavy atom. The summed E-state index contributed by atoms with van der Waals surface area (Å²) < 4.78 is 2.30. The molecule has 1 atom stereocenters. The van der Waals surface area contributed by atoms with Gasteiger partial charge in [-0.3, -0.25) is 0 Å². The second-order valence-corrected chi connectivity index (χ2v) is 6.16.